The molecule has 2 fully saturated rings. The maximum Gasteiger partial charge on any atom is 0.254 e. The number of hydrogen-bond acceptors (Lipinski definition) is 5. The van der Waals surface area contributed by atoms with Crippen LogP contribution in [0.5, 0.6) is 0 Å². The minimum atomic E-state index is -3.72. The molecule has 2 aromatic rings. The van der Waals surface area contributed by atoms with Crippen LogP contribution < -0.4 is 4.72 Å². The fourth-order valence-electron chi connectivity index (χ4n) is 4.39. The van der Waals surface area contributed by atoms with Crippen molar-refractivity contribution in [3.05, 3.63) is 52.2 Å². The molecule has 32 heavy (non-hydrogen) atoms. The van der Waals surface area contributed by atoms with Gasteiger partial charge < -0.3 is 9.80 Å². The van der Waals surface area contributed by atoms with E-state index in [0.29, 0.717) is 44.1 Å². The van der Waals surface area contributed by atoms with E-state index in [-0.39, 0.29) is 23.3 Å². The van der Waals surface area contributed by atoms with Crippen molar-refractivity contribution in [3.8, 4) is 0 Å². The summed E-state index contributed by atoms with van der Waals surface area (Å²) in [5, 5.41) is 1.89. The van der Waals surface area contributed by atoms with Crippen molar-refractivity contribution in [1.82, 2.24) is 14.5 Å². The summed E-state index contributed by atoms with van der Waals surface area (Å²) in [6, 6.07) is 9.89. The molecule has 2 heterocycles. The summed E-state index contributed by atoms with van der Waals surface area (Å²) in [6.07, 6.45) is 5.35. The molecule has 0 radical (unpaired) electrons. The maximum absolute atomic E-state index is 13.0. The Hall–Kier alpha value is -2.23. The lowest BCUT2D eigenvalue weighted by molar-refractivity contribution is -0.133. The standard InChI is InChI=1S/C23H29N3O4S2/c27-22(15-18-5-1-2-6-18)25-10-12-26(13-11-25)23(28)19-7-3-9-21(16-19)32(29,30)24-17-20-8-4-14-31-20/h3-4,7-9,14,16,18,24H,1-2,5-6,10-13,15,17H2. The van der Waals surface area contributed by atoms with Gasteiger partial charge in [-0.1, -0.05) is 25.0 Å². The third kappa shape index (κ3) is 5.57. The molecule has 1 aromatic heterocycles. The zero-order chi connectivity index (χ0) is 22.6. The van der Waals surface area contributed by atoms with Crippen molar-refractivity contribution in [3.63, 3.8) is 0 Å². The molecule has 1 saturated carbocycles. The summed E-state index contributed by atoms with van der Waals surface area (Å²) >= 11 is 1.48. The third-order valence-corrected chi connectivity index (χ3v) is 8.54. The molecule has 1 aliphatic carbocycles. The molecule has 7 nitrogen and oxygen atoms in total. The third-order valence-electron chi connectivity index (χ3n) is 6.27. The summed E-state index contributed by atoms with van der Waals surface area (Å²) in [6.45, 7) is 2.19. The number of nitrogens with one attached hydrogen (secondary N) is 1. The SMILES string of the molecule is O=C(CC1CCCC1)N1CCN(C(=O)c2cccc(S(=O)(=O)NCc3cccs3)c2)CC1. The molecule has 1 aromatic carbocycles. The van der Waals surface area contributed by atoms with E-state index >= 15 is 0 Å². The Morgan fingerprint density at radius 1 is 1.00 bits per heavy atom. The number of amides is 2. The first-order valence-corrected chi connectivity index (χ1v) is 13.5. The van der Waals surface area contributed by atoms with Gasteiger partial charge in [0.15, 0.2) is 0 Å². The summed E-state index contributed by atoms with van der Waals surface area (Å²) in [7, 11) is -3.72. The molecule has 9 heteroatoms. The summed E-state index contributed by atoms with van der Waals surface area (Å²) in [5.41, 5.74) is 0.342. The van der Waals surface area contributed by atoms with Crippen LogP contribution >= 0.6 is 11.3 Å². The van der Waals surface area contributed by atoms with Crippen molar-refractivity contribution < 1.29 is 18.0 Å². The molecular weight excluding hydrogens is 446 g/mol. The lowest BCUT2D eigenvalue weighted by atomic mass is 10.0. The van der Waals surface area contributed by atoms with Gasteiger partial charge in [0.2, 0.25) is 15.9 Å². The minimum Gasteiger partial charge on any atom is -0.339 e. The highest BCUT2D eigenvalue weighted by Crippen LogP contribution is 2.28. The van der Waals surface area contributed by atoms with Crippen molar-refractivity contribution in [2.24, 2.45) is 5.92 Å². The van der Waals surface area contributed by atoms with Crippen LogP contribution in [0.3, 0.4) is 0 Å². The van der Waals surface area contributed by atoms with E-state index in [1.807, 2.05) is 22.4 Å². The number of hydrogen-bond donors (Lipinski definition) is 1. The van der Waals surface area contributed by atoms with Gasteiger partial charge >= 0.3 is 0 Å². The number of nitrogens with zero attached hydrogens (tertiary/aromatic N) is 2. The van der Waals surface area contributed by atoms with Crippen LogP contribution in [0.2, 0.25) is 0 Å². The van der Waals surface area contributed by atoms with Gasteiger partial charge in [0.1, 0.15) is 0 Å². The van der Waals surface area contributed by atoms with Crippen molar-refractivity contribution in [2.45, 2.75) is 43.5 Å². The van der Waals surface area contributed by atoms with Gasteiger partial charge in [-0.05, 0) is 48.4 Å². The van der Waals surface area contributed by atoms with Gasteiger partial charge in [0.05, 0.1) is 4.90 Å². The second-order valence-electron chi connectivity index (χ2n) is 8.46. The fourth-order valence-corrected chi connectivity index (χ4v) is 6.18. The average Bonchev–Trinajstić information content (AvgIpc) is 3.52. The lowest BCUT2D eigenvalue weighted by Gasteiger charge is -2.35. The maximum atomic E-state index is 13.0. The smallest absolute Gasteiger partial charge is 0.254 e. The molecule has 4 rings (SSSR count). The van der Waals surface area contributed by atoms with Crippen molar-refractivity contribution in [1.29, 1.82) is 0 Å². The van der Waals surface area contributed by atoms with Gasteiger partial charge in [-0.2, -0.15) is 0 Å². The second-order valence-corrected chi connectivity index (χ2v) is 11.3. The fraction of sp³-hybridized carbons (Fsp3) is 0.478. The lowest BCUT2D eigenvalue weighted by Crippen LogP contribution is -2.50. The Morgan fingerprint density at radius 2 is 1.72 bits per heavy atom. The van der Waals surface area contributed by atoms with E-state index in [0.717, 1.165) is 17.7 Å². The molecular formula is C23H29N3O4S2. The number of sulfonamides is 1. The topological polar surface area (TPSA) is 86.8 Å². The number of carbonyl (C=O) groups excluding carboxylic acids is 2. The van der Waals surface area contributed by atoms with E-state index in [2.05, 4.69) is 4.72 Å². The number of thiophene rings is 1. The Balaban J connectivity index is 1.34. The van der Waals surface area contributed by atoms with Gasteiger partial charge in [-0.15, -0.1) is 11.3 Å². The molecule has 0 spiro atoms. The first kappa shape index (κ1) is 22.9. The molecule has 2 aliphatic rings. The van der Waals surface area contributed by atoms with E-state index in [1.54, 1.807) is 17.0 Å². The van der Waals surface area contributed by atoms with Crippen LogP contribution in [-0.4, -0.2) is 56.2 Å². The van der Waals surface area contributed by atoms with E-state index in [1.165, 1.54) is 36.3 Å². The molecule has 1 N–H and O–H groups in total. The summed E-state index contributed by atoms with van der Waals surface area (Å²) < 4.78 is 27.9. The zero-order valence-corrected chi connectivity index (χ0v) is 19.7. The first-order chi connectivity index (χ1) is 15.4. The molecule has 0 atom stereocenters. The van der Waals surface area contributed by atoms with Gasteiger partial charge in [0.25, 0.3) is 5.91 Å². The van der Waals surface area contributed by atoms with Gasteiger partial charge in [0, 0.05) is 49.6 Å². The summed E-state index contributed by atoms with van der Waals surface area (Å²) in [4.78, 5) is 30.1. The second kappa shape index (κ2) is 10.1. The Kier molecular flexibility index (Phi) is 7.27. The molecule has 172 valence electrons. The van der Waals surface area contributed by atoms with Gasteiger partial charge in [-0.3, -0.25) is 9.59 Å². The number of carbonyl (C=O) groups is 2. The normalized spacial score (nSPS) is 17.6. The van der Waals surface area contributed by atoms with Crippen LogP contribution in [0.25, 0.3) is 0 Å². The average molecular weight is 476 g/mol. The molecule has 1 aliphatic heterocycles. The van der Waals surface area contributed by atoms with E-state index in [4.69, 9.17) is 0 Å². The van der Waals surface area contributed by atoms with E-state index < -0.39 is 10.0 Å². The Labute approximate surface area is 193 Å². The van der Waals surface area contributed by atoms with E-state index in [9.17, 15) is 18.0 Å². The Morgan fingerprint density at radius 3 is 2.41 bits per heavy atom. The monoisotopic (exact) mass is 475 g/mol. The van der Waals surface area contributed by atoms with Gasteiger partial charge in [-0.25, -0.2) is 13.1 Å². The highest BCUT2D eigenvalue weighted by atomic mass is 32.2. The first-order valence-electron chi connectivity index (χ1n) is 11.1. The molecule has 1 saturated heterocycles. The van der Waals surface area contributed by atoms with Crippen LogP contribution in [0.1, 0.15) is 47.3 Å². The van der Waals surface area contributed by atoms with Crippen molar-refractivity contribution in [2.75, 3.05) is 26.2 Å². The van der Waals surface area contributed by atoms with Crippen LogP contribution in [0.15, 0.2) is 46.7 Å². The molecule has 2 amide bonds. The zero-order valence-electron chi connectivity index (χ0n) is 18.0. The van der Waals surface area contributed by atoms with Crippen LogP contribution in [0.4, 0.5) is 0 Å². The van der Waals surface area contributed by atoms with Crippen LogP contribution in [-0.2, 0) is 21.4 Å². The quantitative estimate of drug-likeness (QED) is 0.667. The minimum absolute atomic E-state index is 0.0743. The number of piperazine rings is 1. The highest BCUT2D eigenvalue weighted by molar-refractivity contribution is 7.89. The largest absolute Gasteiger partial charge is 0.339 e. The Bertz CT molecular complexity index is 1040. The predicted octanol–water partition coefficient (Wildman–Crippen LogP) is 3.09. The molecule has 0 unspecified atom stereocenters. The van der Waals surface area contributed by atoms with Crippen LogP contribution in [0, 0.1) is 5.92 Å². The predicted molar refractivity (Wildman–Crippen MR) is 124 cm³/mol. The van der Waals surface area contributed by atoms with Crippen molar-refractivity contribution >= 4 is 33.2 Å². The number of benzene rings is 1. The molecule has 0 bridgehead atoms. The highest BCUT2D eigenvalue weighted by Gasteiger charge is 2.27. The summed E-state index contributed by atoms with van der Waals surface area (Å²) in [5.74, 6) is 0.498. The number of rotatable bonds is 7.